The summed E-state index contributed by atoms with van der Waals surface area (Å²) in [5, 5.41) is 4.84. The van der Waals surface area contributed by atoms with Gasteiger partial charge >= 0.3 is 0 Å². The van der Waals surface area contributed by atoms with E-state index in [1.807, 2.05) is 24.3 Å². The Labute approximate surface area is 177 Å². The molecule has 0 bridgehead atoms. The lowest BCUT2D eigenvalue weighted by Crippen LogP contribution is -2.36. The van der Waals surface area contributed by atoms with Crippen LogP contribution in [-0.2, 0) is 11.3 Å². The van der Waals surface area contributed by atoms with Crippen LogP contribution < -0.4 is 5.32 Å². The summed E-state index contributed by atoms with van der Waals surface area (Å²) in [6.45, 7) is 0.544. The maximum atomic E-state index is 12.3. The summed E-state index contributed by atoms with van der Waals surface area (Å²) >= 11 is 7.69. The number of nitrogens with one attached hydrogen (secondary N) is 1. The van der Waals surface area contributed by atoms with Crippen LogP contribution >= 0.6 is 35.8 Å². The zero-order chi connectivity index (χ0) is 18.4. The molecule has 1 saturated heterocycles. The van der Waals surface area contributed by atoms with Crippen molar-refractivity contribution in [1.82, 2.24) is 10.2 Å². The van der Waals surface area contributed by atoms with Crippen molar-refractivity contribution in [3.05, 3.63) is 34.9 Å². The van der Waals surface area contributed by atoms with Crippen molar-refractivity contribution in [3.8, 4) is 0 Å². The molecule has 2 aliphatic rings. The lowest BCUT2D eigenvalue weighted by molar-refractivity contribution is -0.121. The minimum absolute atomic E-state index is 0. The van der Waals surface area contributed by atoms with Crippen LogP contribution in [0.5, 0.6) is 0 Å². The van der Waals surface area contributed by atoms with Crippen molar-refractivity contribution in [1.29, 1.82) is 0 Å². The number of rotatable bonds is 5. The number of thioether (sulfide) groups is 1. The van der Waals surface area contributed by atoms with Crippen molar-refractivity contribution >= 4 is 46.8 Å². The molecule has 1 N–H and O–H groups in total. The zero-order valence-electron chi connectivity index (χ0n) is 15.8. The van der Waals surface area contributed by atoms with Gasteiger partial charge in [-0.15, -0.1) is 12.4 Å². The molecule has 1 heterocycles. The molecule has 3 rings (SSSR count). The number of benzene rings is 1. The molecular weight excluding hydrogens is 401 g/mol. The van der Waals surface area contributed by atoms with E-state index in [2.05, 4.69) is 17.3 Å². The van der Waals surface area contributed by atoms with E-state index in [1.54, 1.807) is 11.8 Å². The molecule has 150 valence electrons. The van der Waals surface area contributed by atoms with Gasteiger partial charge in [0, 0.05) is 36.8 Å². The third kappa shape index (κ3) is 6.88. The molecule has 0 spiro atoms. The van der Waals surface area contributed by atoms with Crippen LogP contribution in [0.3, 0.4) is 0 Å². The van der Waals surface area contributed by atoms with E-state index in [0.29, 0.717) is 24.0 Å². The van der Waals surface area contributed by atoms with Gasteiger partial charge in [0.1, 0.15) is 0 Å². The highest BCUT2D eigenvalue weighted by Gasteiger charge is 2.29. The number of halogens is 2. The number of carbonyl (C=O) groups is 1. The first-order valence-electron chi connectivity index (χ1n) is 9.56. The fourth-order valence-corrected chi connectivity index (χ4v) is 4.88. The topological polar surface area (TPSA) is 44.7 Å². The Bertz CT molecular complexity index is 631. The third-order valence-electron chi connectivity index (χ3n) is 5.20. The fourth-order valence-electron chi connectivity index (χ4n) is 3.50. The molecule has 1 saturated carbocycles. The summed E-state index contributed by atoms with van der Waals surface area (Å²) in [7, 11) is 2.08. The van der Waals surface area contributed by atoms with Crippen molar-refractivity contribution < 1.29 is 4.79 Å². The van der Waals surface area contributed by atoms with Gasteiger partial charge in [-0.1, -0.05) is 61.2 Å². The molecule has 0 radical (unpaired) electrons. The summed E-state index contributed by atoms with van der Waals surface area (Å²) in [5.74, 6) is 1.03. The SMILES string of the molecule is CN1/C(=N/C2CCCCCC2)SCC1CC(=O)NCc1ccc(Cl)cc1.Cl. The molecule has 1 atom stereocenters. The molecule has 1 aromatic rings. The van der Waals surface area contributed by atoms with Gasteiger partial charge in [-0.3, -0.25) is 9.79 Å². The predicted molar refractivity (Wildman–Crippen MR) is 118 cm³/mol. The van der Waals surface area contributed by atoms with Gasteiger partial charge in [0.05, 0.1) is 6.04 Å². The summed E-state index contributed by atoms with van der Waals surface area (Å²) < 4.78 is 0. The van der Waals surface area contributed by atoms with Crippen LogP contribution in [0.1, 0.15) is 50.5 Å². The van der Waals surface area contributed by atoms with E-state index in [9.17, 15) is 4.79 Å². The first-order chi connectivity index (χ1) is 12.6. The van der Waals surface area contributed by atoms with Crippen LogP contribution in [0.2, 0.25) is 5.02 Å². The fraction of sp³-hybridized carbons (Fsp3) is 0.600. The molecule has 1 aliphatic carbocycles. The smallest absolute Gasteiger partial charge is 0.222 e. The molecular formula is C20H29Cl2N3OS. The monoisotopic (exact) mass is 429 g/mol. The van der Waals surface area contributed by atoms with Gasteiger partial charge in [0.25, 0.3) is 0 Å². The minimum atomic E-state index is 0. The Kier molecular flexibility index (Phi) is 9.27. The van der Waals surface area contributed by atoms with Crippen molar-refractivity contribution in [3.63, 3.8) is 0 Å². The number of carbonyl (C=O) groups excluding carboxylic acids is 1. The molecule has 1 amide bonds. The molecule has 4 nitrogen and oxygen atoms in total. The van der Waals surface area contributed by atoms with Gasteiger partial charge < -0.3 is 10.2 Å². The summed E-state index contributed by atoms with van der Waals surface area (Å²) in [5.41, 5.74) is 1.06. The van der Waals surface area contributed by atoms with Gasteiger partial charge in [-0.05, 0) is 30.5 Å². The lowest BCUT2D eigenvalue weighted by Gasteiger charge is -2.21. The highest BCUT2D eigenvalue weighted by atomic mass is 35.5. The lowest BCUT2D eigenvalue weighted by atomic mass is 10.1. The highest BCUT2D eigenvalue weighted by Crippen LogP contribution is 2.28. The first kappa shape index (κ1) is 22.4. The Morgan fingerprint density at radius 1 is 1.22 bits per heavy atom. The standard InChI is InChI=1S/C20H28ClN3OS.ClH/c1-24-18(12-19(25)22-13-15-8-10-16(21)11-9-15)14-26-20(24)23-17-6-4-2-3-5-7-17;/h8-11,17-18H,2-7,12-14H2,1H3,(H,22,25);1H/b23-20-;. The van der Waals surface area contributed by atoms with Crippen molar-refractivity contribution in [2.24, 2.45) is 4.99 Å². The average Bonchev–Trinajstić information content (AvgIpc) is 2.84. The molecule has 27 heavy (non-hydrogen) atoms. The number of amides is 1. The van der Waals surface area contributed by atoms with E-state index in [1.165, 1.54) is 38.5 Å². The second kappa shape index (κ2) is 11.2. The summed E-state index contributed by atoms with van der Waals surface area (Å²) in [6, 6.07) is 8.28. The Hall–Kier alpha value is -0.910. The summed E-state index contributed by atoms with van der Waals surface area (Å²) in [6.07, 6.45) is 8.23. The third-order valence-corrected chi connectivity index (χ3v) is 6.65. The van der Waals surface area contributed by atoms with Gasteiger partial charge in [-0.2, -0.15) is 0 Å². The van der Waals surface area contributed by atoms with E-state index in [4.69, 9.17) is 16.6 Å². The van der Waals surface area contributed by atoms with Crippen LogP contribution in [-0.4, -0.2) is 40.9 Å². The number of hydrogen-bond acceptors (Lipinski definition) is 3. The van der Waals surface area contributed by atoms with E-state index in [0.717, 1.165) is 16.5 Å². The highest BCUT2D eigenvalue weighted by molar-refractivity contribution is 8.14. The van der Waals surface area contributed by atoms with Gasteiger partial charge in [0.2, 0.25) is 5.91 Å². The molecule has 1 unspecified atom stereocenters. The predicted octanol–water partition coefficient (Wildman–Crippen LogP) is 4.89. The number of hydrogen-bond donors (Lipinski definition) is 1. The Balaban J connectivity index is 0.00000261. The van der Waals surface area contributed by atoms with Crippen LogP contribution in [0.15, 0.2) is 29.3 Å². The number of amidine groups is 1. The van der Waals surface area contributed by atoms with Crippen molar-refractivity contribution in [2.75, 3.05) is 12.8 Å². The Morgan fingerprint density at radius 2 is 1.89 bits per heavy atom. The maximum absolute atomic E-state index is 12.3. The van der Waals surface area contributed by atoms with Gasteiger partial charge in [0.15, 0.2) is 5.17 Å². The van der Waals surface area contributed by atoms with E-state index in [-0.39, 0.29) is 24.4 Å². The normalized spacial score (nSPS) is 22.4. The molecule has 7 heteroatoms. The van der Waals surface area contributed by atoms with E-state index < -0.39 is 0 Å². The second-order valence-electron chi connectivity index (χ2n) is 7.24. The zero-order valence-corrected chi connectivity index (χ0v) is 18.2. The Morgan fingerprint density at radius 3 is 2.56 bits per heavy atom. The number of nitrogens with zero attached hydrogens (tertiary/aromatic N) is 2. The average molecular weight is 430 g/mol. The molecule has 1 aliphatic heterocycles. The van der Waals surface area contributed by atoms with Gasteiger partial charge in [-0.25, -0.2) is 0 Å². The second-order valence-corrected chi connectivity index (χ2v) is 8.66. The number of aliphatic imine (C=N–C) groups is 1. The maximum Gasteiger partial charge on any atom is 0.222 e. The minimum Gasteiger partial charge on any atom is -0.352 e. The molecule has 0 aromatic heterocycles. The van der Waals surface area contributed by atoms with Crippen LogP contribution in [0, 0.1) is 0 Å². The largest absolute Gasteiger partial charge is 0.352 e. The molecule has 2 fully saturated rings. The molecule has 1 aromatic carbocycles. The van der Waals surface area contributed by atoms with Crippen LogP contribution in [0.4, 0.5) is 0 Å². The quantitative estimate of drug-likeness (QED) is 0.677. The first-order valence-corrected chi connectivity index (χ1v) is 10.9. The van der Waals surface area contributed by atoms with E-state index >= 15 is 0 Å². The van der Waals surface area contributed by atoms with Crippen molar-refractivity contribution in [2.45, 2.75) is 63.6 Å². The summed E-state index contributed by atoms with van der Waals surface area (Å²) in [4.78, 5) is 19.5. The van der Waals surface area contributed by atoms with Crippen LogP contribution in [0.25, 0.3) is 0 Å².